The molecule has 0 fully saturated rings. The van der Waals surface area contributed by atoms with E-state index in [4.69, 9.17) is 4.74 Å². The minimum Gasteiger partial charge on any atom is -0.467 e. The van der Waals surface area contributed by atoms with Gasteiger partial charge in [0, 0.05) is 6.42 Å². The van der Waals surface area contributed by atoms with E-state index in [1.165, 1.54) is 14.0 Å². The number of nitrogens with one attached hydrogen (secondary N) is 2. The molecular formula is C23H28N2O5. The first-order valence-electron chi connectivity index (χ1n) is 9.81. The van der Waals surface area contributed by atoms with Gasteiger partial charge in [-0.1, -0.05) is 67.6 Å². The SMILES string of the molecule is CC[C@](Cc1ccccc1)(NC(=O)OCc1ccccc1)C(=O)N[C@H](C)C(=O)OC. The first-order valence-corrected chi connectivity index (χ1v) is 9.81. The maximum absolute atomic E-state index is 13.2. The van der Waals surface area contributed by atoms with Gasteiger partial charge >= 0.3 is 12.1 Å². The maximum Gasteiger partial charge on any atom is 0.408 e. The van der Waals surface area contributed by atoms with E-state index in [2.05, 4.69) is 15.4 Å². The van der Waals surface area contributed by atoms with Crippen molar-refractivity contribution in [1.82, 2.24) is 10.6 Å². The molecule has 2 amide bonds. The van der Waals surface area contributed by atoms with Crippen molar-refractivity contribution in [2.75, 3.05) is 7.11 Å². The van der Waals surface area contributed by atoms with Gasteiger partial charge in [-0.05, 0) is 24.5 Å². The third-order valence-corrected chi connectivity index (χ3v) is 4.84. The third kappa shape index (κ3) is 6.34. The standard InChI is InChI=1S/C23H28N2O5/c1-4-23(15-18-11-7-5-8-12-18,21(27)24-17(2)20(26)29-3)25-22(28)30-16-19-13-9-6-10-14-19/h5-14,17H,4,15-16H2,1-3H3,(H,24,27)(H,25,28)/t17-,23-/m1/s1. The van der Waals surface area contributed by atoms with E-state index < -0.39 is 29.6 Å². The van der Waals surface area contributed by atoms with Gasteiger partial charge in [-0.15, -0.1) is 0 Å². The van der Waals surface area contributed by atoms with Crippen molar-refractivity contribution < 1.29 is 23.9 Å². The molecule has 0 saturated carbocycles. The number of hydrogen-bond acceptors (Lipinski definition) is 5. The molecule has 0 aliphatic rings. The summed E-state index contributed by atoms with van der Waals surface area (Å²) in [5.74, 6) is -1.05. The molecule has 0 aliphatic heterocycles. The van der Waals surface area contributed by atoms with E-state index in [1.807, 2.05) is 60.7 Å². The van der Waals surface area contributed by atoms with E-state index in [0.29, 0.717) is 6.42 Å². The van der Waals surface area contributed by atoms with E-state index in [-0.39, 0.29) is 13.0 Å². The Kier molecular flexibility index (Phi) is 8.41. The first kappa shape index (κ1) is 22.9. The summed E-state index contributed by atoms with van der Waals surface area (Å²) in [6.45, 7) is 3.40. The van der Waals surface area contributed by atoms with Gasteiger partial charge in [0.2, 0.25) is 5.91 Å². The highest BCUT2D eigenvalue weighted by atomic mass is 16.5. The number of benzene rings is 2. The molecule has 0 unspecified atom stereocenters. The van der Waals surface area contributed by atoms with Crippen LogP contribution >= 0.6 is 0 Å². The average Bonchev–Trinajstić information content (AvgIpc) is 2.77. The summed E-state index contributed by atoms with van der Waals surface area (Å²) >= 11 is 0. The number of esters is 1. The van der Waals surface area contributed by atoms with Crippen LogP contribution in [0.3, 0.4) is 0 Å². The molecule has 0 spiro atoms. The minimum absolute atomic E-state index is 0.0813. The third-order valence-electron chi connectivity index (χ3n) is 4.84. The molecular weight excluding hydrogens is 384 g/mol. The summed E-state index contributed by atoms with van der Waals surface area (Å²) in [4.78, 5) is 37.5. The number of carbonyl (C=O) groups is 3. The number of carbonyl (C=O) groups excluding carboxylic acids is 3. The molecule has 0 aromatic heterocycles. The van der Waals surface area contributed by atoms with Gasteiger partial charge in [-0.2, -0.15) is 0 Å². The monoisotopic (exact) mass is 412 g/mol. The first-order chi connectivity index (χ1) is 14.4. The van der Waals surface area contributed by atoms with Crippen LogP contribution in [-0.2, 0) is 32.1 Å². The lowest BCUT2D eigenvalue weighted by molar-refractivity contribution is -0.145. The Balaban J connectivity index is 2.19. The Hall–Kier alpha value is -3.35. The Morgan fingerprint density at radius 3 is 2.07 bits per heavy atom. The number of ether oxygens (including phenoxy) is 2. The Morgan fingerprint density at radius 2 is 1.53 bits per heavy atom. The summed E-state index contributed by atoms with van der Waals surface area (Å²) < 4.78 is 10.0. The second-order valence-electron chi connectivity index (χ2n) is 7.00. The lowest BCUT2D eigenvalue weighted by atomic mass is 9.87. The molecule has 0 radical (unpaired) electrons. The van der Waals surface area contributed by atoms with Gasteiger partial charge in [0.25, 0.3) is 0 Å². The van der Waals surface area contributed by atoms with Crippen LogP contribution in [0.5, 0.6) is 0 Å². The number of methoxy groups -OCH3 is 1. The molecule has 160 valence electrons. The van der Waals surface area contributed by atoms with Crippen molar-refractivity contribution in [2.24, 2.45) is 0 Å². The molecule has 2 rings (SSSR count). The van der Waals surface area contributed by atoms with Crippen molar-refractivity contribution in [3.63, 3.8) is 0 Å². The summed E-state index contributed by atoms with van der Waals surface area (Å²) in [5.41, 5.74) is 0.405. The van der Waals surface area contributed by atoms with E-state index in [1.54, 1.807) is 6.92 Å². The quantitative estimate of drug-likeness (QED) is 0.618. The summed E-state index contributed by atoms with van der Waals surface area (Å²) in [5, 5.41) is 5.37. The second-order valence-corrected chi connectivity index (χ2v) is 7.00. The molecule has 0 aliphatic carbocycles. The van der Waals surface area contributed by atoms with Crippen LogP contribution in [0.15, 0.2) is 60.7 Å². The maximum atomic E-state index is 13.2. The van der Waals surface area contributed by atoms with Gasteiger partial charge in [-0.3, -0.25) is 4.79 Å². The topological polar surface area (TPSA) is 93.7 Å². The molecule has 2 aromatic carbocycles. The van der Waals surface area contributed by atoms with Crippen LogP contribution < -0.4 is 10.6 Å². The van der Waals surface area contributed by atoms with Gasteiger partial charge in [0.1, 0.15) is 18.2 Å². The zero-order chi connectivity index (χ0) is 22.0. The van der Waals surface area contributed by atoms with Gasteiger partial charge in [0.05, 0.1) is 7.11 Å². The highest BCUT2D eigenvalue weighted by Crippen LogP contribution is 2.19. The fourth-order valence-corrected chi connectivity index (χ4v) is 3.02. The number of alkyl carbamates (subject to hydrolysis) is 1. The van der Waals surface area contributed by atoms with Crippen molar-refractivity contribution in [2.45, 2.75) is 44.9 Å². The Labute approximate surface area is 176 Å². The molecule has 0 saturated heterocycles. The van der Waals surface area contributed by atoms with E-state index >= 15 is 0 Å². The number of rotatable bonds is 9. The Bertz CT molecular complexity index is 841. The van der Waals surface area contributed by atoms with Crippen LogP contribution in [0.2, 0.25) is 0 Å². The average molecular weight is 412 g/mol. The zero-order valence-electron chi connectivity index (χ0n) is 17.5. The lowest BCUT2D eigenvalue weighted by Crippen LogP contribution is -2.61. The van der Waals surface area contributed by atoms with Crippen molar-refractivity contribution in [3.8, 4) is 0 Å². The van der Waals surface area contributed by atoms with Crippen LogP contribution in [0.25, 0.3) is 0 Å². The minimum atomic E-state index is -1.29. The van der Waals surface area contributed by atoms with Gasteiger partial charge < -0.3 is 20.1 Å². The summed E-state index contributed by atoms with van der Waals surface area (Å²) in [6.07, 6.45) is -0.176. The van der Waals surface area contributed by atoms with Crippen LogP contribution in [0, 0.1) is 0 Å². The molecule has 0 bridgehead atoms. The lowest BCUT2D eigenvalue weighted by Gasteiger charge is -2.33. The molecule has 0 heterocycles. The van der Waals surface area contributed by atoms with Crippen molar-refractivity contribution in [3.05, 3.63) is 71.8 Å². The predicted molar refractivity (Wildman–Crippen MR) is 113 cm³/mol. The van der Waals surface area contributed by atoms with Crippen molar-refractivity contribution in [1.29, 1.82) is 0 Å². The molecule has 30 heavy (non-hydrogen) atoms. The Morgan fingerprint density at radius 1 is 0.967 bits per heavy atom. The summed E-state index contributed by atoms with van der Waals surface area (Å²) in [7, 11) is 1.25. The number of hydrogen-bond donors (Lipinski definition) is 2. The molecule has 2 aromatic rings. The van der Waals surface area contributed by atoms with Crippen molar-refractivity contribution >= 4 is 18.0 Å². The van der Waals surface area contributed by atoms with Crippen LogP contribution in [0.4, 0.5) is 4.79 Å². The molecule has 7 nitrogen and oxygen atoms in total. The highest BCUT2D eigenvalue weighted by molar-refractivity contribution is 5.93. The molecule has 2 atom stereocenters. The molecule has 2 N–H and O–H groups in total. The zero-order valence-corrected chi connectivity index (χ0v) is 17.5. The predicted octanol–water partition coefficient (Wildman–Crippen LogP) is 2.98. The fourth-order valence-electron chi connectivity index (χ4n) is 3.02. The second kappa shape index (κ2) is 11.0. The van der Waals surface area contributed by atoms with Gasteiger partial charge in [0.15, 0.2) is 0 Å². The van der Waals surface area contributed by atoms with Gasteiger partial charge in [-0.25, -0.2) is 9.59 Å². The van der Waals surface area contributed by atoms with E-state index in [9.17, 15) is 14.4 Å². The number of amides is 2. The normalized spacial score (nSPS) is 13.4. The smallest absolute Gasteiger partial charge is 0.408 e. The molecule has 7 heteroatoms. The largest absolute Gasteiger partial charge is 0.467 e. The fraction of sp³-hybridized carbons (Fsp3) is 0.348. The van der Waals surface area contributed by atoms with Crippen LogP contribution in [-0.4, -0.2) is 36.7 Å². The van der Waals surface area contributed by atoms with Crippen LogP contribution in [0.1, 0.15) is 31.4 Å². The van der Waals surface area contributed by atoms with E-state index in [0.717, 1.165) is 11.1 Å². The highest BCUT2D eigenvalue weighted by Gasteiger charge is 2.40. The summed E-state index contributed by atoms with van der Waals surface area (Å²) in [6, 6.07) is 17.7.